The van der Waals surface area contributed by atoms with Crippen LogP contribution in [0.1, 0.15) is 18.1 Å². The normalized spacial score (nSPS) is 11.2. The first kappa shape index (κ1) is 18.3. The van der Waals surface area contributed by atoms with Gasteiger partial charge in [0, 0.05) is 5.56 Å². The molecule has 0 aliphatic carbocycles. The van der Waals surface area contributed by atoms with Crippen molar-refractivity contribution in [3.05, 3.63) is 69.3 Å². The minimum atomic E-state index is 0.550. The van der Waals surface area contributed by atoms with Gasteiger partial charge in [-0.1, -0.05) is 42.5 Å². The summed E-state index contributed by atoms with van der Waals surface area (Å²) in [4.78, 5) is 0. The molecule has 0 radical (unpaired) electrons. The van der Waals surface area contributed by atoms with E-state index in [9.17, 15) is 5.26 Å². The van der Waals surface area contributed by atoms with Gasteiger partial charge in [-0.2, -0.15) is 5.26 Å². The second-order valence-electron chi connectivity index (χ2n) is 5.66. The molecule has 3 rings (SSSR count). The molecule has 0 saturated heterocycles. The molecule has 0 amide bonds. The fourth-order valence-corrected chi connectivity index (χ4v) is 3.78. The first-order valence-electron chi connectivity index (χ1n) is 8.28. The number of hydrogen-bond acceptors (Lipinski definition) is 3. The van der Waals surface area contributed by atoms with E-state index in [0.717, 1.165) is 25.5 Å². The lowest BCUT2D eigenvalue weighted by Crippen LogP contribution is -1.98. The molecule has 0 fully saturated rings. The van der Waals surface area contributed by atoms with Crippen LogP contribution in [0.3, 0.4) is 0 Å². The Bertz CT molecular complexity index is 1010. The Morgan fingerprint density at radius 2 is 1.92 bits per heavy atom. The molecule has 4 heteroatoms. The SMILES string of the molecule is CCOc1cc(/C=C(/C#N)c2cccc3ccccc23)cc(I)c1OC. The maximum absolute atomic E-state index is 9.77. The number of fused-ring (bicyclic) bond motifs is 1. The van der Waals surface area contributed by atoms with E-state index in [1.54, 1.807) is 7.11 Å². The summed E-state index contributed by atoms with van der Waals surface area (Å²) in [6.07, 6.45) is 1.89. The van der Waals surface area contributed by atoms with Crippen molar-refractivity contribution in [3.8, 4) is 17.6 Å². The number of rotatable bonds is 5. The molecular weight excluding hydrogens is 437 g/mol. The molecule has 0 unspecified atom stereocenters. The fraction of sp³-hybridized carbons (Fsp3) is 0.136. The van der Waals surface area contributed by atoms with Gasteiger partial charge in [-0.3, -0.25) is 0 Å². The summed E-state index contributed by atoms with van der Waals surface area (Å²) in [5, 5.41) is 11.9. The van der Waals surface area contributed by atoms with Gasteiger partial charge in [-0.15, -0.1) is 0 Å². The minimum absolute atomic E-state index is 0.550. The van der Waals surface area contributed by atoms with Crippen LogP contribution in [0.25, 0.3) is 22.4 Å². The van der Waals surface area contributed by atoms with Gasteiger partial charge in [-0.05, 0) is 64.1 Å². The van der Waals surface area contributed by atoms with Gasteiger partial charge in [0.05, 0.1) is 28.9 Å². The average Bonchev–Trinajstić information content (AvgIpc) is 2.66. The lowest BCUT2D eigenvalue weighted by molar-refractivity contribution is 0.309. The van der Waals surface area contributed by atoms with Crippen molar-refractivity contribution in [2.24, 2.45) is 0 Å². The highest BCUT2D eigenvalue weighted by Crippen LogP contribution is 2.35. The molecule has 3 nitrogen and oxygen atoms in total. The predicted octanol–water partition coefficient (Wildman–Crippen LogP) is 5.92. The van der Waals surface area contributed by atoms with E-state index in [4.69, 9.17) is 9.47 Å². The van der Waals surface area contributed by atoms with E-state index in [1.807, 2.05) is 55.5 Å². The average molecular weight is 455 g/mol. The van der Waals surface area contributed by atoms with Gasteiger partial charge in [0.15, 0.2) is 11.5 Å². The predicted molar refractivity (Wildman–Crippen MR) is 114 cm³/mol. The van der Waals surface area contributed by atoms with Crippen LogP contribution >= 0.6 is 22.6 Å². The number of ether oxygens (including phenoxy) is 2. The number of halogens is 1. The number of hydrogen-bond donors (Lipinski definition) is 0. The Kier molecular flexibility index (Phi) is 5.79. The highest BCUT2D eigenvalue weighted by Gasteiger charge is 2.12. The number of nitriles is 1. The van der Waals surface area contributed by atoms with E-state index in [0.29, 0.717) is 23.7 Å². The van der Waals surface area contributed by atoms with E-state index >= 15 is 0 Å². The van der Waals surface area contributed by atoms with Crippen molar-refractivity contribution in [2.45, 2.75) is 6.92 Å². The third-order valence-corrected chi connectivity index (χ3v) is 4.85. The summed E-state index contributed by atoms with van der Waals surface area (Å²) < 4.78 is 12.1. The number of nitrogens with zero attached hydrogens (tertiary/aromatic N) is 1. The topological polar surface area (TPSA) is 42.2 Å². The zero-order chi connectivity index (χ0) is 18.5. The molecule has 0 N–H and O–H groups in total. The van der Waals surface area contributed by atoms with Crippen molar-refractivity contribution in [2.75, 3.05) is 13.7 Å². The van der Waals surface area contributed by atoms with Crippen LogP contribution in [-0.4, -0.2) is 13.7 Å². The van der Waals surface area contributed by atoms with E-state index in [-0.39, 0.29) is 0 Å². The second kappa shape index (κ2) is 8.24. The van der Waals surface area contributed by atoms with Crippen LogP contribution in [0.4, 0.5) is 0 Å². The van der Waals surface area contributed by atoms with Crippen LogP contribution in [0.5, 0.6) is 11.5 Å². The Balaban J connectivity index is 2.14. The second-order valence-corrected chi connectivity index (χ2v) is 6.83. The molecule has 0 atom stereocenters. The quantitative estimate of drug-likeness (QED) is 0.273. The van der Waals surface area contributed by atoms with Gasteiger partial charge >= 0.3 is 0 Å². The van der Waals surface area contributed by atoms with Crippen molar-refractivity contribution >= 4 is 45.0 Å². The first-order valence-corrected chi connectivity index (χ1v) is 9.36. The van der Waals surface area contributed by atoms with Gasteiger partial charge < -0.3 is 9.47 Å². The molecule has 0 spiro atoms. The van der Waals surface area contributed by atoms with Gasteiger partial charge in [0.1, 0.15) is 0 Å². The smallest absolute Gasteiger partial charge is 0.174 e. The lowest BCUT2D eigenvalue weighted by Gasteiger charge is -2.12. The maximum atomic E-state index is 9.77. The Morgan fingerprint density at radius 1 is 1.15 bits per heavy atom. The largest absolute Gasteiger partial charge is 0.492 e. The van der Waals surface area contributed by atoms with Crippen LogP contribution in [0, 0.1) is 14.9 Å². The molecule has 26 heavy (non-hydrogen) atoms. The van der Waals surface area contributed by atoms with Crippen LogP contribution in [0.2, 0.25) is 0 Å². The molecule has 0 aliphatic heterocycles. The first-order chi connectivity index (χ1) is 12.7. The Labute approximate surface area is 167 Å². The van der Waals surface area contributed by atoms with Crippen molar-refractivity contribution < 1.29 is 9.47 Å². The van der Waals surface area contributed by atoms with E-state index in [1.165, 1.54) is 0 Å². The van der Waals surface area contributed by atoms with Gasteiger partial charge in [0.25, 0.3) is 0 Å². The molecule has 0 saturated carbocycles. The summed E-state index contributed by atoms with van der Waals surface area (Å²) in [6.45, 7) is 2.49. The molecule has 0 aromatic heterocycles. The minimum Gasteiger partial charge on any atom is -0.492 e. The maximum Gasteiger partial charge on any atom is 0.174 e. The molecule has 3 aromatic rings. The highest BCUT2D eigenvalue weighted by atomic mass is 127. The van der Waals surface area contributed by atoms with Crippen LogP contribution < -0.4 is 9.47 Å². The summed E-state index contributed by atoms with van der Waals surface area (Å²) in [6, 6.07) is 20.3. The highest BCUT2D eigenvalue weighted by molar-refractivity contribution is 14.1. The van der Waals surface area contributed by atoms with Crippen LogP contribution in [-0.2, 0) is 0 Å². The standard InChI is InChI=1S/C22H18INO2/c1-3-26-21-13-15(12-20(23)22(21)25-2)11-17(14-24)19-10-6-8-16-7-4-5-9-18(16)19/h4-13H,3H2,1-2H3/b17-11-. The Hall–Kier alpha value is -2.52. The van der Waals surface area contributed by atoms with E-state index in [2.05, 4.69) is 40.8 Å². The molecule has 130 valence electrons. The summed E-state index contributed by atoms with van der Waals surface area (Å²) >= 11 is 2.22. The van der Waals surface area contributed by atoms with Gasteiger partial charge in [-0.25, -0.2) is 0 Å². The third-order valence-electron chi connectivity index (χ3n) is 4.05. The molecule has 3 aromatic carbocycles. The molecular formula is C22H18INO2. The number of methoxy groups -OCH3 is 1. The molecule has 0 heterocycles. The summed E-state index contributed by atoms with van der Waals surface area (Å²) in [5.74, 6) is 1.40. The zero-order valence-electron chi connectivity index (χ0n) is 14.6. The Morgan fingerprint density at radius 3 is 2.65 bits per heavy atom. The monoisotopic (exact) mass is 455 g/mol. The number of benzene rings is 3. The van der Waals surface area contributed by atoms with E-state index < -0.39 is 0 Å². The van der Waals surface area contributed by atoms with Crippen molar-refractivity contribution in [3.63, 3.8) is 0 Å². The lowest BCUT2D eigenvalue weighted by atomic mass is 9.97. The molecule has 0 bridgehead atoms. The zero-order valence-corrected chi connectivity index (χ0v) is 16.8. The summed E-state index contributed by atoms with van der Waals surface area (Å²) in [7, 11) is 1.63. The third kappa shape index (κ3) is 3.68. The van der Waals surface area contributed by atoms with Crippen LogP contribution in [0.15, 0.2) is 54.6 Å². The van der Waals surface area contributed by atoms with Crippen molar-refractivity contribution in [1.29, 1.82) is 5.26 Å². The number of allylic oxidation sites excluding steroid dienone is 1. The van der Waals surface area contributed by atoms with Crippen molar-refractivity contribution in [1.82, 2.24) is 0 Å². The molecule has 0 aliphatic rings. The fourth-order valence-electron chi connectivity index (χ4n) is 2.93. The summed E-state index contributed by atoms with van der Waals surface area (Å²) in [5.41, 5.74) is 2.45. The van der Waals surface area contributed by atoms with Gasteiger partial charge in [0.2, 0.25) is 0 Å².